The fourth-order valence-electron chi connectivity index (χ4n) is 6.37. The van der Waals surface area contributed by atoms with Crippen LogP contribution in [0, 0.1) is 11.3 Å². The van der Waals surface area contributed by atoms with Crippen LogP contribution in [0.3, 0.4) is 0 Å². The maximum atomic E-state index is 12.6. The van der Waals surface area contributed by atoms with Gasteiger partial charge in [-0.05, 0) is 57.6 Å². The number of nitrogens with one attached hydrogen (secondary N) is 1. The zero-order valence-electron chi connectivity index (χ0n) is 27.2. The monoisotopic (exact) mass is 639 g/mol. The summed E-state index contributed by atoms with van der Waals surface area (Å²) in [6.45, 7) is 11.8. The van der Waals surface area contributed by atoms with Gasteiger partial charge in [-0.1, -0.05) is 30.8 Å². The summed E-state index contributed by atoms with van der Waals surface area (Å²) >= 11 is 0. The fourth-order valence-corrected chi connectivity index (χ4v) is 6.37. The normalized spacial score (nSPS) is 18.6. The number of fused-ring (bicyclic) bond motifs is 2. The summed E-state index contributed by atoms with van der Waals surface area (Å²) in [5, 5.41) is 25.0. The summed E-state index contributed by atoms with van der Waals surface area (Å²) in [7, 11) is 0. The molecule has 47 heavy (non-hydrogen) atoms. The van der Waals surface area contributed by atoms with Crippen LogP contribution in [0.15, 0.2) is 49.1 Å². The number of alkyl carbamates (subject to hydrolysis) is 1. The summed E-state index contributed by atoms with van der Waals surface area (Å²) in [6.07, 6.45) is 3.12. The first-order valence-corrected chi connectivity index (χ1v) is 16.0. The van der Waals surface area contributed by atoms with Crippen LogP contribution in [-0.2, 0) is 22.5 Å². The maximum absolute atomic E-state index is 12.6. The molecule has 2 N–H and O–H groups in total. The molecule has 6 rings (SSSR count). The number of piperazine rings is 1. The van der Waals surface area contributed by atoms with Crippen molar-refractivity contribution in [2.45, 2.75) is 70.2 Å². The third kappa shape index (κ3) is 7.04. The third-order valence-electron chi connectivity index (χ3n) is 8.85. The number of nitrogens with zero attached hydrogens (tertiary/aromatic N) is 6. The van der Waals surface area contributed by atoms with E-state index in [0.717, 1.165) is 46.4 Å². The zero-order valence-corrected chi connectivity index (χ0v) is 27.2. The van der Waals surface area contributed by atoms with Crippen LogP contribution in [0.4, 0.5) is 16.3 Å². The Morgan fingerprint density at radius 1 is 1.17 bits per heavy atom. The SMILES string of the molecule is C=CC(=O)N1CCN(c2nc(OCC3(NC(=O)OC(C)(C)C)CC3)nc3c2CCN(c2cc(O)cc4ccccc24)C3)CC1CC#N. The van der Waals surface area contributed by atoms with Gasteiger partial charge in [-0.15, -0.1) is 0 Å². The average molecular weight is 640 g/mol. The van der Waals surface area contributed by atoms with Crippen LogP contribution >= 0.6 is 0 Å². The van der Waals surface area contributed by atoms with Gasteiger partial charge in [0.25, 0.3) is 0 Å². The molecule has 0 spiro atoms. The van der Waals surface area contributed by atoms with Crippen molar-refractivity contribution in [1.82, 2.24) is 20.2 Å². The molecule has 1 saturated carbocycles. The Morgan fingerprint density at radius 2 is 1.96 bits per heavy atom. The second-order valence-electron chi connectivity index (χ2n) is 13.5. The number of hydrogen-bond acceptors (Lipinski definition) is 10. The van der Waals surface area contributed by atoms with E-state index in [1.54, 1.807) is 17.0 Å². The number of ether oxygens (including phenoxy) is 2. The molecule has 1 atom stereocenters. The molecule has 2 amide bonds. The topological polar surface area (TPSA) is 144 Å². The number of phenolic OH excluding ortho intramolecular Hbond substituents is 1. The predicted octanol–water partition coefficient (Wildman–Crippen LogP) is 4.45. The lowest BCUT2D eigenvalue weighted by Gasteiger charge is -2.42. The quantitative estimate of drug-likeness (QED) is 0.339. The molecule has 12 heteroatoms. The van der Waals surface area contributed by atoms with Crippen molar-refractivity contribution < 1.29 is 24.2 Å². The lowest BCUT2D eigenvalue weighted by Crippen LogP contribution is -2.55. The lowest BCUT2D eigenvalue weighted by atomic mass is 10.0. The first-order chi connectivity index (χ1) is 22.5. The molecule has 1 unspecified atom stereocenters. The van der Waals surface area contributed by atoms with Crippen LogP contribution < -0.4 is 19.9 Å². The average Bonchev–Trinajstić information content (AvgIpc) is 3.80. The maximum Gasteiger partial charge on any atom is 0.408 e. The number of anilines is 2. The Labute approximate surface area is 274 Å². The summed E-state index contributed by atoms with van der Waals surface area (Å²) in [4.78, 5) is 40.9. The molecule has 2 aliphatic heterocycles. The molecule has 0 bridgehead atoms. The van der Waals surface area contributed by atoms with Crippen molar-refractivity contribution in [2.24, 2.45) is 0 Å². The molecule has 1 aromatic heterocycles. The van der Waals surface area contributed by atoms with E-state index < -0.39 is 17.2 Å². The highest BCUT2D eigenvalue weighted by atomic mass is 16.6. The van der Waals surface area contributed by atoms with Crippen molar-refractivity contribution in [3.8, 4) is 17.8 Å². The molecular weight excluding hydrogens is 598 g/mol. The standard InChI is InChI=1S/C35H41N7O5/c1-5-30(44)42-17-16-41(20-24(42)10-14-36)31-27-11-15-40(29-19-25(43)18-23-8-6-7-9-26(23)29)21-28(27)37-32(38-31)46-22-35(12-13-35)39-33(45)47-34(2,3)4/h5-9,18-19,24,43H,1,10-13,15-17,20-22H2,2-4H3,(H,39,45). The van der Waals surface area contributed by atoms with Gasteiger partial charge in [0.05, 0.1) is 36.3 Å². The smallest absolute Gasteiger partial charge is 0.408 e. The minimum absolute atomic E-state index is 0.184. The van der Waals surface area contributed by atoms with Crippen molar-refractivity contribution in [3.63, 3.8) is 0 Å². The van der Waals surface area contributed by atoms with Crippen LogP contribution in [0.1, 0.15) is 51.3 Å². The zero-order chi connectivity index (χ0) is 33.3. The molecule has 2 fully saturated rings. The Hall–Kier alpha value is -5.05. The van der Waals surface area contributed by atoms with Crippen molar-refractivity contribution in [1.29, 1.82) is 5.26 Å². The van der Waals surface area contributed by atoms with E-state index in [1.807, 2.05) is 45.0 Å². The molecule has 12 nitrogen and oxygen atoms in total. The number of benzene rings is 2. The molecule has 3 aliphatic rings. The number of rotatable bonds is 8. The number of phenols is 1. The van der Waals surface area contributed by atoms with Crippen molar-refractivity contribution in [2.75, 3.05) is 42.6 Å². The minimum Gasteiger partial charge on any atom is -0.508 e. The van der Waals surface area contributed by atoms with Gasteiger partial charge in [0.15, 0.2) is 0 Å². The number of amides is 2. The highest BCUT2D eigenvalue weighted by Gasteiger charge is 2.46. The van der Waals surface area contributed by atoms with E-state index >= 15 is 0 Å². The lowest BCUT2D eigenvalue weighted by molar-refractivity contribution is -0.128. The molecule has 0 radical (unpaired) electrons. The Balaban J connectivity index is 1.31. The second kappa shape index (κ2) is 12.6. The van der Waals surface area contributed by atoms with Gasteiger partial charge in [-0.2, -0.15) is 15.2 Å². The van der Waals surface area contributed by atoms with Gasteiger partial charge in [-0.3, -0.25) is 4.79 Å². The first-order valence-electron chi connectivity index (χ1n) is 16.0. The number of carbonyl (C=O) groups excluding carboxylic acids is 2. The van der Waals surface area contributed by atoms with Gasteiger partial charge >= 0.3 is 12.1 Å². The van der Waals surface area contributed by atoms with Gasteiger partial charge in [0, 0.05) is 48.9 Å². The molecule has 1 aliphatic carbocycles. The largest absolute Gasteiger partial charge is 0.508 e. The van der Waals surface area contributed by atoms with E-state index in [2.05, 4.69) is 27.8 Å². The molecule has 1 saturated heterocycles. The van der Waals surface area contributed by atoms with E-state index in [1.165, 1.54) is 6.08 Å². The molecule has 3 aromatic rings. The first kappa shape index (κ1) is 31.9. The highest BCUT2D eigenvalue weighted by Crippen LogP contribution is 2.39. The van der Waals surface area contributed by atoms with Crippen LogP contribution in [0.5, 0.6) is 11.8 Å². The highest BCUT2D eigenvalue weighted by molar-refractivity contribution is 5.95. The number of nitriles is 1. The Bertz CT molecular complexity index is 1740. The van der Waals surface area contributed by atoms with Gasteiger partial charge < -0.3 is 34.6 Å². The number of carbonyl (C=O) groups is 2. The summed E-state index contributed by atoms with van der Waals surface area (Å²) in [5.41, 5.74) is 1.54. The number of aromatic hydroxyl groups is 1. The predicted molar refractivity (Wildman–Crippen MR) is 177 cm³/mol. The number of hydrogen-bond donors (Lipinski definition) is 2. The van der Waals surface area contributed by atoms with Gasteiger partial charge in [0.2, 0.25) is 5.91 Å². The molecule has 246 valence electrons. The Kier molecular flexibility index (Phi) is 8.57. The summed E-state index contributed by atoms with van der Waals surface area (Å²) < 4.78 is 11.7. The van der Waals surface area contributed by atoms with E-state index in [9.17, 15) is 20.0 Å². The van der Waals surface area contributed by atoms with Crippen LogP contribution in [0.25, 0.3) is 10.8 Å². The number of aromatic nitrogens is 2. The van der Waals surface area contributed by atoms with Gasteiger partial charge in [-0.25, -0.2) is 4.79 Å². The third-order valence-corrected chi connectivity index (χ3v) is 8.85. The van der Waals surface area contributed by atoms with E-state index in [-0.39, 0.29) is 36.7 Å². The van der Waals surface area contributed by atoms with Gasteiger partial charge in [0.1, 0.15) is 23.8 Å². The summed E-state index contributed by atoms with van der Waals surface area (Å²) in [5.74, 6) is 0.725. The molecule has 3 heterocycles. The Morgan fingerprint density at radius 3 is 2.68 bits per heavy atom. The van der Waals surface area contributed by atoms with Crippen molar-refractivity contribution in [3.05, 3.63) is 60.3 Å². The second-order valence-corrected chi connectivity index (χ2v) is 13.5. The van der Waals surface area contributed by atoms with Crippen LogP contribution in [-0.4, -0.2) is 81.9 Å². The molecule has 2 aromatic carbocycles. The van der Waals surface area contributed by atoms with E-state index in [4.69, 9.17) is 19.4 Å². The summed E-state index contributed by atoms with van der Waals surface area (Å²) in [6, 6.07) is 13.6. The van der Waals surface area contributed by atoms with E-state index in [0.29, 0.717) is 39.1 Å². The molecular formula is C35H41N7O5. The minimum atomic E-state index is -0.617. The van der Waals surface area contributed by atoms with Crippen molar-refractivity contribution >= 4 is 34.3 Å². The van der Waals surface area contributed by atoms with Crippen LogP contribution in [0.2, 0.25) is 0 Å². The fraction of sp³-hybridized carbons (Fsp3) is 0.457.